The van der Waals surface area contributed by atoms with Crippen molar-refractivity contribution >= 4 is 11.6 Å². The minimum Gasteiger partial charge on any atom is -0.350 e. The number of nitro groups is 1. The number of hydrogen-bond acceptors (Lipinski definition) is 4. The van der Waals surface area contributed by atoms with E-state index in [0.717, 1.165) is 19.5 Å². The Balaban J connectivity index is 2.06. The number of nitrogens with one attached hydrogen (secondary N) is 1. The van der Waals surface area contributed by atoms with Crippen LogP contribution in [0, 0.1) is 17.0 Å². The Labute approximate surface area is 130 Å². The van der Waals surface area contributed by atoms with Gasteiger partial charge < -0.3 is 5.32 Å². The molecular weight excluding hydrogens is 282 g/mol. The van der Waals surface area contributed by atoms with Crippen LogP contribution in [0.25, 0.3) is 0 Å². The molecule has 0 aliphatic carbocycles. The number of para-hydroxylation sites is 1. The molecule has 1 aromatic carbocycles. The normalized spacial score (nSPS) is 16.5. The lowest BCUT2D eigenvalue weighted by atomic mass is 10.1. The number of aryl methyl sites for hydroxylation is 1. The zero-order valence-electron chi connectivity index (χ0n) is 13.2. The molecule has 6 heteroatoms. The summed E-state index contributed by atoms with van der Waals surface area (Å²) in [4.78, 5) is 25.4. The maximum absolute atomic E-state index is 12.3. The third-order valence-corrected chi connectivity index (χ3v) is 4.29. The van der Waals surface area contributed by atoms with E-state index >= 15 is 0 Å². The molecule has 22 heavy (non-hydrogen) atoms. The van der Waals surface area contributed by atoms with Crippen LogP contribution in [0.4, 0.5) is 5.69 Å². The molecule has 0 unspecified atom stereocenters. The quantitative estimate of drug-likeness (QED) is 0.647. The molecule has 1 aliphatic rings. The van der Waals surface area contributed by atoms with Gasteiger partial charge in [-0.2, -0.15) is 0 Å². The predicted octanol–water partition coefficient (Wildman–Crippen LogP) is 2.51. The smallest absolute Gasteiger partial charge is 0.285 e. The van der Waals surface area contributed by atoms with Crippen molar-refractivity contribution in [2.75, 3.05) is 19.6 Å². The van der Waals surface area contributed by atoms with Crippen LogP contribution in [-0.2, 0) is 0 Å². The Morgan fingerprint density at radius 2 is 2.09 bits per heavy atom. The first-order valence-electron chi connectivity index (χ1n) is 7.80. The summed E-state index contributed by atoms with van der Waals surface area (Å²) in [6, 6.07) is 5.13. The van der Waals surface area contributed by atoms with Gasteiger partial charge in [-0.1, -0.05) is 19.1 Å². The van der Waals surface area contributed by atoms with Crippen molar-refractivity contribution in [2.45, 2.75) is 39.2 Å². The number of benzene rings is 1. The van der Waals surface area contributed by atoms with Gasteiger partial charge in [0.25, 0.3) is 11.6 Å². The van der Waals surface area contributed by atoms with E-state index in [-0.39, 0.29) is 17.2 Å². The highest BCUT2D eigenvalue weighted by Crippen LogP contribution is 2.23. The van der Waals surface area contributed by atoms with Gasteiger partial charge >= 0.3 is 0 Å². The Kier molecular flexibility index (Phi) is 5.49. The van der Waals surface area contributed by atoms with E-state index in [1.165, 1.54) is 18.9 Å². The number of carbonyl (C=O) groups excluding carboxylic acids is 1. The molecule has 0 radical (unpaired) electrons. The molecular formula is C16H23N3O3. The second-order valence-corrected chi connectivity index (χ2v) is 5.74. The van der Waals surface area contributed by atoms with Crippen LogP contribution >= 0.6 is 0 Å². The molecule has 1 saturated heterocycles. The van der Waals surface area contributed by atoms with Crippen molar-refractivity contribution in [3.8, 4) is 0 Å². The van der Waals surface area contributed by atoms with Crippen molar-refractivity contribution in [3.05, 3.63) is 39.4 Å². The van der Waals surface area contributed by atoms with Crippen LogP contribution in [0.15, 0.2) is 18.2 Å². The molecule has 1 heterocycles. The summed E-state index contributed by atoms with van der Waals surface area (Å²) < 4.78 is 0. The van der Waals surface area contributed by atoms with Gasteiger partial charge in [-0.15, -0.1) is 0 Å². The molecule has 0 aromatic heterocycles. The van der Waals surface area contributed by atoms with Gasteiger partial charge in [0.2, 0.25) is 0 Å². The van der Waals surface area contributed by atoms with Crippen molar-refractivity contribution in [3.63, 3.8) is 0 Å². The van der Waals surface area contributed by atoms with E-state index in [4.69, 9.17) is 0 Å². The number of amides is 1. The molecule has 1 atom stereocenters. The minimum absolute atomic E-state index is 0.103. The number of nitro benzene ring substituents is 1. The summed E-state index contributed by atoms with van der Waals surface area (Å²) >= 11 is 0. The van der Waals surface area contributed by atoms with Crippen molar-refractivity contribution in [2.24, 2.45) is 0 Å². The van der Waals surface area contributed by atoms with E-state index in [9.17, 15) is 14.9 Å². The van der Waals surface area contributed by atoms with Gasteiger partial charge in [0.05, 0.1) is 4.92 Å². The lowest BCUT2D eigenvalue weighted by Gasteiger charge is -2.26. The molecule has 1 aromatic rings. The summed E-state index contributed by atoms with van der Waals surface area (Å²) in [5.41, 5.74) is 0.541. The summed E-state index contributed by atoms with van der Waals surface area (Å²) in [7, 11) is 0. The second kappa shape index (κ2) is 7.35. The van der Waals surface area contributed by atoms with E-state index in [0.29, 0.717) is 18.2 Å². The van der Waals surface area contributed by atoms with Crippen LogP contribution in [0.5, 0.6) is 0 Å². The van der Waals surface area contributed by atoms with E-state index in [1.807, 2.05) is 0 Å². The van der Waals surface area contributed by atoms with Gasteiger partial charge in [0, 0.05) is 18.2 Å². The highest BCUT2D eigenvalue weighted by atomic mass is 16.6. The Bertz CT molecular complexity index is 554. The highest BCUT2D eigenvalue weighted by Gasteiger charge is 2.24. The average molecular weight is 305 g/mol. The molecule has 120 valence electrons. The Morgan fingerprint density at radius 3 is 2.68 bits per heavy atom. The van der Waals surface area contributed by atoms with Crippen LogP contribution < -0.4 is 5.32 Å². The van der Waals surface area contributed by atoms with Crippen molar-refractivity contribution in [1.29, 1.82) is 0 Å². The molecule has 2 rings (SSSR count). The molecule has 1 fully saturated rings. The van der Waals surface area contributed by atoms with E-state index in [1.54, 1.807) is 19.1 Å². The molecule has 1 N–H and O–H groups in total. The van der Waals surface area contributed by atoms with Gasteiger partial charge in [-0.05, 0) is 45.3 Å². The molecule has 1 aliphatic heterocycles. The standard InChI is InChI=1S/C16H23N3O3/c1-3-13(18-9-4-5-10-18)11-17-16(20)14-8-6-7-12(2)15(14)19(21)22/h6-8,13H,3-5,9-11H2,1-2H3,(H,17,20)/t13-/m0/s1. The van der Waals surface area contributed by atoms with E-state index < -0.39 is 4.92 Å². The first-order valence-corrected chi connectivity index (χ1v) is 7.80. The first kappa shape index (κ1) is 16.4. The van der Waals surface area contributed by atoms with E-state index in [2.05, 4.69) is 17.1 Å². The van der Waals surface area contributed by atoms with Gasteiger partial charge in [-0.3, -0.25) is 19.8 Å². The molecule has 0 bridgehead atoms. The van der Waals surface area contributed by atoms with Crippen LogP contribution in [0.3, 0.4) is 0 Å². The number of likely N-dealkylation sites (tertiary alicyclic amines) is 1. The van der Waals surface area contributed by atoms with Crippen LogP contribution in [0.2, 0.25) is 0 Å². The first-order chi connectivity index (χ1) is 10.5. The summed E-state index contributed by atoms with van der Waals surface area (Å²) in [5, 5.41) is 14.0. The maximum atomic E-state index is 12.3. The molecule has 6 nitrogen and oxygen atoms in total. The number of hydrogen-bond donors (Lipinski definition) is 1. The third-order valence-electron chi connectivity index (χ3n) is 4.29. The minimum atomic E-state index is -0.484. The fourth-order valence-electron chi connectivity index (χ4n) is 3.03. The SMILES string of the molecule is CC[C@@H](CNC(=O)c1cccc(C)c1[N+](=O)[O-])N1CCCC1. The number of rotatable bonds is 6. The summed E-state index contributed by atoms with van der Waals surface area (Å²) in [5.74, 6) is -0.368. The van der Waals surface area contributed by atoms with Gasteiger partial charge in [-0.25, -0.2) is 0 Å². The fourth-order valence-corrected chi connectivity index (χ4v) is 3.03. The monoisotopic (exact) mass is 305 g/mol. The number of carbonyl (C=O) groups is 1. The van der Waals surface area contributed by atoms with Crippen molar-refractivity contribution in [1.82, 2.24) is 10.2 Å². The molecule has 1 amide bonds. The second-order valence-electron chi connectivity index (χ2n) is 5.74. The Morgan fingerprint density at radius 1 is 1.41 bits per heavy atom. The largest absolute Gasteiger partial charge is 0.350 e. The maximum Gasteiger partial charge on any atom is 0.285 e. The van der Waals surface area contributed by atoms with Crippen molar-refractivity contribution < 1.29 is 9.72 Å². The fraction of sp³-hybridized carbons (Fsp3) is 0.562. The predicted molar refractivity (Wildman–Crippen MR) is 85.1 cm³/mol. The zero-order chi connectivity index (χ0) is 16.1. The highest BCUT2D eigenvalue weighted by molar-refractivity contribution is 5.98. The van der Waals surface area contributed by atoms with Crippen LogP contribution in [-0.4, -0.2) is 41.4 Å². The lowest BCUT2D eigenvalue weighted by Crippen LogP contribution is -2.42. The zero-order valence-corrected chi connectivity index (χ0v) is 13.2. The van der Waals surface area contributed by atoms with Gasteiger partial charge in [0.15, 0.2) is 0 Å². The third kappa shape index (κ3) is 3.62. The molecule has 0 spiro atoms. The molecule has 0 saturated carbocycles. The summed E-state index contributed by atoms with van der Waals surface area (Å²) in [6.45, 7) is 6.41. The topological polar surface area (TPSA) is 75.5 Å². The number of nitrogens with zero attached hydrogens (tertiary/aromatic N) is 2. The van der Waals surface area contributed by atoms with Gasteiger partial charge in [0.1, 0.15) is 5.56 Å². The lowest BCUT2D eigenvalue weighted by molar-refractivity contribution is -0.385. The Hall–Kier alpha value is -1.95. The van der Waals surface area contributed by atoms with Crippen LogP contribution in [0.1, 0.15) is 42.1 Å². The summed E-state index contributed by atoms with van der Waals surface area (Å²) in [6.07, 6.45) is 3.36. The average Bonchev–Trinajstić information content (AvgIpc) is 3.01.